The molecule has 1 aromatic heterocycles. The number of halogens is 1. The molecule has 7 nitrogen and oxygen atoms in total. The Morgan fingerprint density at radius 2 is 1.92 bits per heavy atom. The van der Waals surface area contributed by atoms with Crippen LogP contribution >= 0.6 is 0 Å². The Morgan fingerprint density at radius 1 is 1.24 bits per heavy atom. The quantitative estimate of drug-likeness (QED) is 0.846. The Balaban J connectivity index is 2.10. The first kappa shape index (κ1) is 17.6. The van der Waals surface area contributed by atoms with Crippen LogP contribution in [0.4, 0.5) is 4.39 Å². The van der Waals surface area contributed by atoms with Gasteiger partial charge in [-0.2, -0.15) is 9.36 Å². The minimum atomic E-state index is -0.429. The van der Waals surface area contributed by atoms with Crippen molar-refractivity contribution in [1.82, 2.24) is 19.8 Å². The van der Waals surface area contributed by atoms with Crippen LogP contribution in [0.3, 0.4) is 0 Å². The molecular formula is C17H23FN4O3. The highest BCUT2D eigenvalue weighted by molar-refractivity contribution is 5.50. The molecule has 1 saturated heterocycles. The SMILES string of the molecule is Cn1nnn(-c2cc(C(C)(C)C)c(F)cc2OC2CCOCC2)c1=O. The van der Waals surface area contributed by atoms with E-state index in [1.165, 1.54) is 13.1 Å². The van der Waals surface area contributed by atoms with Gasteiger partial charge in [0.1, 0.15) is 23.4 Å². The molecule has 136 valence electrons. The van der Waals surface area contributed by atoms with E-state index in [0.717, 1.165) is 22.2 Å². The summed E-state index contributed by atoms with van der Waals surface area (Å²) in [5.41, 5.74) is 0.0422. The second-order valence-corrected chi connectivity index (χ2v) is 7.28. The number of hydrogen-bond donors (Lipinski definition) is 0. The third-order valence-corrected chi connectivity index (χ3v) is 4.27. The van der Waals surface area contributed by atoms with E-state index < -0.39 is 11.1 Å². The summed E-state index contributed by atoms with van der Waals surface area (Å²) in [6, 6.07) is 2.96. The largest absolute Gasteiger partial charge is 0.488 e. The van der Waals surface area contributed by atoms with Crippen molar-refractivity contribution < 1.29 is 13.9 Å². The highest BCUT2D eigenvalue weighted by Crippen LogP contribution is 2.33. The Hall–Kier alpha value is -2.22. The fourth-order valence-electron chi connectivity index (χ4n) is 2.82. The summed E-state index contributed by atoms with van der Waals surface area (Å²) in [6.07, 6.45) is 1.36. The summed E-state index contributed by atoms with van der Waals surface area (Å²) in [5.74, 6) is -0.0738. The van der Waals surface area contributed by atoms with Crippen LogP contribution in [0.15, 0.2) is 16.9 Å². The maximum atomic E-state index is 14.7. The van der Waals surface area contributed by atoms with Crippen LogP contribution in [0, 0.1) is 5.82 Å². The van der Waals surface area contributed by atoms with Crippen molar-refractivity contribution in [1.29, 1.82) is 0 Å². The van der Waals surface area contributed by atoms with E-state index in [1.807, 2.05) is 20.8 Å². The third kappa shape index (κ3) is 3.58. The number of rotatable bonds is 3. The van der Waals surface area contributed by atoms with Gasteiger partial charge in [-0.15, -0.1) is 0 Å². The van der Waals surface area contributed by atoms with E-state index in [2.05, 4.69) is 10.4 Å². The molecule has 0 radical (unpaired) electrons. The van der Waals surface area contributed by atoms with E-state index in [1.54, 1.807) is 6.07 Å². The molecular weight excluding hydrogens is 327 g/mol. The van der Waals surface area contributed by atoms with Crippen molar-refractivity contribution in [3.05, 3.63) is 34.0 Å². The lowest BCUT2D eigenvalue weighted by Gasteiger charge is -2.26. The number of ether oxygens (including phenoxy) is 2. The maximum absolute atomic E-state index is 14.7. The molecule has 8 heteroatoms. The van der Waals surface area contributed by atoms with Gasteiger partial charge in [0.2, 0.25) is 0 Å². The fraction of sp³-hybridized carbons (Fsp3) is 0.588. The second kappa shape index (κ2) is 6.59. The van der Waals surface area contributed by atoms with Gasteiger partial charge >= 0.3 is 5.69 Å². The topological polar surface area (TPSA) is 71.2 Å². The molecule has 0 N–H and O–H groups in total. The molecule has 25 heavy (non-hydrogen) atoms. The minimum Gasteiger partial charge on any atom is -0.488 e. The number of aryl methyl sites for hydroxylation is 1. The summed E-state index contributed by atoms with van der Waals surface area (Å²) in [4.78, 5) is 12.3. The molecule has 0 spiro atoms. The van der Waals surface area contributed by atoms with Crippen molar-refractivity contribution >= 4 is 0 Å². The minimum absolute atomic E-state index is 0.0836. The van der Waals surface area contributed by atoms with Gasteiger partial charge in [-0.1, -0.05) is 20.8 Å². The monoisotopic (exact) mass is 350 g/mol. The van der Waals surface area contributed by atoms with Crippen LogP contribution < -0.4 is 10.4 Å². The molecule has 1 aliphatic heterocycles. The van der Waals surface area contributed by atoms with Gasteiger partial charge in [0, 0.05) is 26.0 Å². The zero-order chi connectivity index (χ0) is 18.2. The molecule has 2 heterocycles. The molecule has 0 bridgehead atoms. The molecule has 0 aliphatic carbocycles. The van der Waals surface area contributed by atoms with Crippen LogP contribution in [0.5, 0.6) is 5.75 Å². The first-order chi connectivity index (χ1) is 11.8. The molecule has 0 saturated carbocycles. The molecule has 1 fully saturated rings. The summed E-state index contributed by atoms with van der Waals surface area (Å²) < 4.78 is 28.3. The summed E-state index contributed by atoms with van der Waals surface area (Å²) in [5, 5.41) is 7.62. The number of hydrogen-bond acceptors (Lipinski definition) is 5. The predicted octanol–water partition coefficient (Wildman–Crippen LogP) is 1.96. The normalized spacial score (nSPS) is 16.2. The first-order valence-electron chi connectivity index (χ1n) is 8.35. The molecule has 1 aliphatic rings. The lowest BCUT2D eigenvalue weighted by atomic mass is 9.86. The van der Waals surface area contributed by atoms with Gasteiger partial charge in [-0.25, -0.2) is 9.18 Å². The number of tetrazole rings is 1. The maximum Gasteiger partial charge on any atom is 0.368 e. The molecule has 2 aromatic rings. The average Bonchev–Trinajstić information content (AvgIpc) is 2.87. The van der Waals surface area contributed by atoms with Crippen LogP contribution in [-0.2, 0) is 17.2 Å². The lowest BCUT2D eigenvalue weighted by Crippen LogP contribution is -2.28. The van der Waals surface area contributed by atoms with Crippen molar-refractivity contribution in [2.45, 2.75) is 45.1 Å². The number of nitrogens with zero attached hydrogens (tertiary/aromatic N) is 4. The molecule has 1 aromatic carbocycles. The zero-order valence-electron chi connectivity index (χ0n) is 15.0. The zero-order valence-corrected chi connectivity index (χ0v) is 15.0. The molecule has 0 amide bonds. The molecule has 3 rings (SSSR count). The van der Waals surface area contributed by atoms with Gasteiger partial charge in [0.25, 0.3) is 0 Å². The first-order valence-corrected chi connectivity index (χ1v) is 8.35. The van der Waals surface area contributed by atoms with Gasteiger partial charge in [-0.3, -0.25) is 0 Å². The standard InChI is InChI=1S/C17H23FN4O3/c1-17(2,3)12-9-14(22-16(23)21(4)19-20-22)15(10-13(12)18)25-11-5-7-24-8-6-11/h9-11H,5-8H2,1-4H3. The van der Waals surface area contributed by atoms with Crippen LogP contribution in [0.2, 0.25) is 0 Å². The van der Waals surface area contributed by atoms with Gasteiger partial charge in [-0.05, 0) is 27.5 Å². The summed E-state index contributed by atoms with van der Waals surface area (Å²) in [7, 11) is 1.51. The highest BCUT2D eigenvalue weighted by atomic mass is 19.1. The second-order valence-electron chi connectivity index (χ2n) is 7.28. The average molecular weight is 350 g/mol. The Bertz CT molecular complexity index is 816. The van der Waals surface area contributed by atoms with Gasteiger partial charge < -0.3 is 9.47 Å². The molecule has 0 atom stereocenters. The van der Waals surface area contributed by atoms with Gasteiger partial charge in [0.15, 0.2) is 0 Å². The van der Waals surface area contributed by atoms with E-state index in [9.17, 15) is 9.18 Å². The van der Waals surface area contributed by atoms with E-state index in [0.29, 0.717) is 30.2 Å². The summed E-state index contributed by atoms with van der Waals surface area (Å²) in [6.45, 7) is 6.94. The van der Waals surface area contributed by atoms with E-state index in [4.69, 9.17) is 9.47 Å². The Morgan fingerprint density at radius 3 is 2.48 bits per heavy atom. The smallest absolute Gasteiger partial charge is 0.368 e. The summed E-state index contributed by atoms with van der Waals surface area (Å²) >= 11 is 0. The van der Waals surface area contributed by atoms with Crippen LogP contribution in [-0.4, -0.2) is 39.1 Å². The van der Waals surface area contributed by atoms with Crippen molar-refractivity contribution in [2.75, 3.05) is 13.2 Å². The fourth-order valence-corrected chi connectivity index (χ4v) is 2.82. The lowest BCUT2D eigenvalue weighted by molar-refractivity contribution is 0.0253. The Kier molecular flexibility index (Phi) is 4.64. The van der Waals surface area contributed by atoms with Crippen LogP contribution in [0.1, 0.15) is 39.2 Å². The van der Waals surface area contributed by atoms with E-state index in [-0.39, 0.29) is 11.9 Å². The number of aromatic nitrogens is 4. The van der Waals surface area contributed by atoms with E-state index >= 15 is 0 Å². The molecule has 0 unspecified atom stereocenters. The Labute approximate surface area is 145 Å². The third-order valence-electron chi connectivity index (χ3n) is 4.27. The van der Waals surface area contributed by atoms with Crippen molar-refractivity contribution in [2.24, 2.45) is 7.05 Å². The van der Waals surface area contributed by atoms with Gasteiger partial charge in [0.05, 0.1) is 13.2 Å². The van der Waals surface area contributed by atoms with Crippen LogP contribution in [0.25, 0.3) is 5.69 Å². The highest BCUT2D eigenvalue weighted by Gasteiger charge is 2.25. The predicted molar refractivity (Wildman–Crippen MR) is 89.7 cm³/mol. The van der Waals surface area contributed by atoms with Crippen molar-refractivity contribution in [3.63, 3.8) is 0 Å². The number of benzene rings is 1. The van der Waals surface area contributed by atoms with Crippen molar-refractivity contribution in [3.8, 4) is 11.4 Å².